The summed E-state index contributed by atoms with van der Waals surface area (Å²) in [7, 11) is 0. The number of hydrogen-bond acceptors (Lipinski definition) is 5. The molecule has 7 nitrogen and oxygen atoms in total. The molecule has 1 N–H and O–H groups in total. The van der Waals surface area contributed by atoms with Gasteiger partial charge in [0.25, 0.3) is 5.91 Å². The van der Waals surface area contributed by atoms with Crippen LogP contribution in [0.2, 0.25) is 5.02 Å². The van der Waals surface area contributed by atoms with E-state index in [4.69, 9.17) is 11.6 Å². The van der Waals surface area contributed by atoms with Crippen molar-refractivity contribution in [2.24, 2.45) is 5.92 Å². The van der Waals surface area contributed by atoms with Crippen molar-refractivity contribution in [2.75, 3.05) is 6.54 Å². The zero-order valence-corrected chi connectivity index (χ0v) is 23.3. The molecule has 0 radical (unpaired) electrons. The van der Waals surface area contributed by atoms with Crippen molar-refractivity contribution in [3.05, 3.63) is 75.4 Å². The van der Waals surface area contributed by atoms with Gasteiger partial charge < -0.3 is 15.1 Å². The van der Waals surface area contributed by atoms with E-state index in [-0.39, 0.29) is 23.6 Å². The number of carbonyl (C=O) groups is 3. The molecular weight excluding hydrogens is 520 g/mol. The molecule has 2 unspecified atom stereocenters. The molecule has 3 amide bonds. The first-order valence-electron chi connectivity index (χ1n) is 12.9. The third kappa shape index (κ3) is 5.07. The van der Waals surface area contributed by atoms with E-state index in [0.717, 1.165) is 33.7 Å². The highest BCUT2D eigenvalue weighted by molar-refractivity contribution is 7.13. The lowest BCUT2D eigenvalue weighted by molar-refractivity contribution is -0.143. The van der Waals surface area contributed by atoms with Crippen LogP contribution in [0.25, 0.3) is 10.4 Å². The second-order valence-corrected chi connectivity index (χ2v) is 11.6. The zero-order chi connectivity index (χ0) is 27.0. The molecule has 1 aromatic heterocycles. The first kappa shape index (κ1) is 26.4. The minimum Gasteiger partial charge on any atom is -0.350 e. The number of carbonyl (C=O) groups excluding carboxylic acids is 3. The number of thiazole rings is 1. The molecule has 2 aliphatic rings. The Morgan fingerprint density at radius 3 is 2.63 bits per heavy atom. The molecule has 2 aliphatic heterocycles. The maximum absolute atomic E-state index is 13.8. The molecule has 1 saturated heterocycles. The fourth-order valence-electron chi connectivity index (χ4n) is 5.43. The molecule has 0 bridgehead atoms. The van der Waals surface area contributed by atoms with Gasteiger partial charge in [-0.2, -0.15) is 0 Å². The van der Waals surface area contributed by atoms with Crippen LogP contribution in [-0.4, -0.2) is 51.1 Å². The van der Waals surface area contributed by atoms with Gasteiger partial charge in [0, 0.05) is 30.2 Å². The summed E-state index contributed by atoms with van der Waals surface area (Å²) < 4.78 is 0. The van der Waals surface area contributed by atoms with Gasteiger partial charge in [0.2, 0.25) is 11.8 Å². The van der Waals surface area contributed by atoms with Crippen LogP contribution >= 0.6 is 22.9 Å². The summed E-state index contributed by atoms with van der Waals surface area (Å²) >= 11 is 7.73. The smallest absolute Gasteiger partial charge is 0.255 e. The Labute approximate surface area is 231 Å². The minimum absolute atomic E-state index is 0.110. The van der Waals surface area contributed by atoms with E-state index >= 15 is 0 Å². The third-order valence-electron chi connectivity index (χ3n) is 7.39. The number of fused-ring (bicyclic) bond motifs is 1. The Balaban J connectivity index is 1.25. The fourth-order valence-corrected chi connectivity index (χ4v) is 6.42. The molecule has 5 rings (SSSR count). The second kappa shape index (κ2) is 10.9. The normalized spacial score (nSPS) is 17.7. The monoisotopic (exact) mass is 550 g/mol. The van der Waals surface area contributed by atoms with Crippen molar-refractivity contribution < 1.29 is 14.4 Å². The molecule has 0 aliphatic carbocycles. The Morgan fingerprint density at radius 2 is 1.95 bits per heavy atom. The molecule has 3 heterocycles. The van der Waals surface area contributed by atoms with Crippen LogP contribution in [0.15, 0.2) is 48.0 Å². The number of rotatable bonds is 7. The van der Waals surface area contributed by atoms with Crippen LogP contribution in [0.3, 0.4) is 0 Å². The molecule has 38 heavy (non-hydrogen) atoms. The van der Waals surface area contributed by atoms with Gasteiger partial charge in [0.15, 0.2) is 0 Å². The SMILES string of the molecule is Cc1ncsc1-c1ccc(CNC(=O)C2CCCN2C(=O)C(C(C)C)N2Cc3ccc(Cl)cc3C2=O)cc1. The second-order valence-electron chi connectivity index (χ2n) is 10.3. The molecule has 0 spiro atoms. The van der Waals surface area contributed by atoms with E-state index < -0.39 is 12.1 Å². The van der Waals surface area contributed by atoms with Gasteiger partial charge in [-0.1, -0.05) is 55.8 Å². The Morgan fingerprint density at radius 1 is 1.18 bits per heavy atom. The van der Waals surface area contributed by atoms with Gasteiger partial charge >= 0.3 is 0 Å². The lowest BCUT2D eigenvalue weighted by Gasteiger charge is -2.35. The fraction of sp³-hybridized carbons (Fsp3) is 0.379. The van der Waals surface area contributed by atoms with Crippen LogP contribution in [0.1, 0.15) is 53.9 Å². The average molecular weight is 551 g/mol. The predicted octanol–water partition coefficient (Wildman–Crippen LogP) is 5.06. The lowest BCUT2D eigenvalue weighted by Crippen LogP contribution is -2.55. The van der Waals surface area contributed by atoms with Crippen molar-refractivity contribution in [3.63, 3.8) is 0 Å². The van der Waals surface area contributed by atoms with Crippen molar-refractivity contribution >= 4 is 40.7 Å². The van der Waals surface area contributed by atoms with Crippen LogP contribution in [-0.2, 0) is 22.7 Å². The molecule has 2 aromatic carbocycles. The highest BCUT2D eigenvalue weighted by atomic mass is 35.5. The Hall–Kier alpha value is -3.23. The van der Waals surface area contributed by atoms with Gasteiger partial charge in [0.05, 0.1) is 16.1 Å². The summed E-state index contributed by atoms with van der Waals surface area (Å²) in [6.07, 6.45) is 1.36. The lowest BCUT2D eigenvalue weighted by atomic mass is 10.0. The largest absolute Gasteiger partial charge is 0.350 e. The van der Waals surface area contributed by atoms with Gasteiger partial charge in [-0.25, -0.2) is 4.98 Å². The maximum atomic E-state index is 13.8. The maximum Gasteiger partial charge on any atom is 0.255 e. The van der Waals surface area contributed by atoms with Crippen LogP contribution in [0.4, 0.5) is 0 Å². The summed E-state index contributed by atoms with van der Waals surface area (Å²) in [6.45, 7) is 7.12. The van der Waals surface area contributed by atoms with E-state index in [1.54, 1.807) is 33.3 Å². The molecule has 0 saturated carbocycles. The van der Waals surface area contributed by atoms with Gasteiger partial charge in [-0.05, 0) is 54.5 Å². The average Bonchev–Trinajstić information content (AvgIpc) is 3.63. The molecule has 3 aromatic rings. The van der Waals surface area contributed by atoms with Crippen LogP contribution in [0, 0.1) is 12.8 Å². The summed E-state index contributed by atoms with van der Waals surface area (Å²) in [6, 6.07) is 12.2. The number of nitrogens with one attached hydrogen (secondary N) is 1. The summed E-state index contributed by atoms with van der Waals surface area (Å²) in [5.74, 6) is -0.634. The number of benzene rings is 2. The van der Waals surface area contributed by atoms with Crippen molar-refractivity contribution in [3.8, 4) is 10.4 Å². The standard InChI is InChI=1S/C29H31ClN4O3S/c1-17(2)25(34-15-21-10-11-22(30)13-23(21)28(34)36)29(37)33-12-4-5-24(33)27(35)31-14-19-6-8-20(9-7-19)26-18(3)32-16-38-26/h6-11,13,16-17,24-25H,4-5,12,14-15H2,1-3H3,(H,31,35). The van der Waals surface area contributed by atoms with E-state index in [0.29, 0.717) is 36.6 Å². The van der Waals surface area contributed by atoms with Gasteiger partial charge in [0.1, 0.15) is 12.1 Å². The Kier molecular flexibility index (Phi) is 7.54. The number of aryl methyl sites for hydroxylation is 1. The summed E-state index contributed by atoms with van der Waals surface area (Å²) in [5, 5.41) is 3.52. The minimum atomic E-state index is -0.648. The molecule has 9 heteroatoms. The predicted molar refractivity (Wildman–Crippen MR) is 149 cm³/mol. The number of amides is 3. The van der Waals surface area contributed by atoms with E-state index in [9.17, 15) is 14.4 Å². The van der Waals surface area contributed by atoms with Gasteiger partial charge in [-0.3, -0.25) is 14.4 Å². The summed E-state index contributed by atoms with van der Waals surface area (Å²) in [4.78, 5) is 49.0. The molecule has 198 valence electrons. The van der Waals surface area contributed by atoms with Crippen LogP contribution < -0.4 is 5.32 Å². The third-order valence-corrected chi connectivity index (χ3v) is 8.60. The summed E-state index contributed by atoms with van der Waals surface area (Å²) in [5.41, 5.74) is 6.34. The van der Waals surface area contributed by atoms with E-state index in [2.05, 4.69) is 10.3 Å². The zero-order valence-electron chi connectivity index (χ0n) is 21.7. The van der Waals surface area contributed by atoms with Crippen molar-refractivity contribution in [2.45, 2.75) is 58.8 Å². The highest BCUT2D eigenvalue weighted by Crippen LogP contribution is 2.32. The number of aromatic nitrogens is 1. The van der Waals surface area contributed by atoms with E-state index in [1.807, 2.05) is 56.6 Å². The first-order chi connectivity index (χ1) is 18.2. The highest BCUT2D eigenvalue weighted by Gasteiger charge is 2.43. The Bertz CT molecular complexity index is 1370. The quantitative estimate of drug-likeness (QED) is 0.446. The molecule has 2 atom stereocenters. The van der Waals surface area contributed by atoms with E-state index in [1.165, 1.54) is 0 Å². The number of hydrogen-bond donors (Lipinski definition) is 1. The van der Waals surface area contributed by atoms with Crippen molar-refractivity contribution in [1.82, 2.24) is 20.1 Å². The number of likely N-dealkylation sites (tertiary alicyclic amines) is 1. The van der Waals surface area contributed by atoms with Crippen LogP contribution in [0.5, 0.6) is 0 Å². The van der Waals surface area contributed by atoms with Gasteiger partial charge in [-0.15, -0.1) is 11.3 Å². The topological polar surface area (TPSA) is 82.6 Å². The first-order valence-corrected chi connectivity index (χ1v) is 14.2. The number of halogens is 1. The van der Waals surface area contributed by atoms with Crippen molar-refractivity contribution in [1.29, 1.82) is 0 Å². The molecule has 1 fully saturated rings. The molecular formula is C29H31ClN4O3S. The number of nitrogens with zero attached hydrogens (tertiary/aromatic N) is 3.